The molecule has 0 radical (unpaired) electrons. The molecule has 4 N–H and O–H groups in total. The molecule has 0 aliphatic carbocycles. The van der Waals surface area contributed by atoms with Crippen LogP contribution in [0.4, 0.5) is 0 Å². The van der Waals surface area contributed by atoms with Crippen LogP contribution in [0.3, 0.4) is 0 Å². The predicted molar refractivity (Wildman–Crippen MR) is 146 cm³/mol. The van der Waals surface area contributed by atoms with E-state index < -0.39 is 14.2 Å². The highest BCUT2D eigenvalue weighted by Gasteiger charge is 2.34. The third-order valence-electron chi connectivity index (χ3n) is 6.10. The molecular weight excluding hydrogens is 461 g/mol. The van der Waals surface area contributed by atoms with Crippen molar-refractivity contribution in [1.29, 1.82) is 0 Å². The van der Waals surface area contributed by atoms with Gasteiger partial charge < -0.3 is 5.32 Å². The summed E-state index contributed by atoms with van der Waals surface area (Å²) in [5.74, 6) is -0.0676. The normalized spacial score (nSPS) is 12.8. The van der Waals surface area contributed by atoms with Crippen LogP contribution in [0, 0.1) is 0 Å². The van der Waals surface area contributed by atoms with Crippen LogP contribution in [-0.4, -0.2) is 33.2 Å². The van der Waals surface area contributed by atoms with Gasteiger partial charge >= 0.3 is 8.17 Å². The highest BCUT2D eigenvalue weighted by molar-refractivity contribution is 7.53. The van der Waals surface area contributed by atoms with Crippen LogP contribution in [0.5, 0.6) is 0 Å². The summed E-state index contributed by atoms with van der Waals surface area (Å²) in [6.45, 7) is 2.12. The first kappa shape index (κ1) is 31.7. The third kappa shape index (κ3) is 20.6. The largest absolute Gasteiger partial charge is 0.567 e. The fourth-order valence-electron chi connectivity index (χ4n) is 4.03. The second-order valence-corrected chi connectivity index (χ2v) is 10.7. The number of hydrogen-bond acceptors (Lipinski definition) is 5. The molecule has 0 aliphatic rings. The predicted octanol–water partition coefficient (Wildman–Crippen LogP) is 6.81. The van der Waals surface area contributed by atoms with E-state index in [2.05, 4.69) is 24.4 Å². The Hall–Kier alpha value is -1.30. The molecule has 1 aromatic rings. The summed E-state index contributed by atoms with van der Waals surface area (Å²) in [7, 11) is -4.32. The molecule has 0 aliphatic heterocycles. The zero-order valence-corrected chi connectivity index (χ0v) is 22.6. The number of unbranched alkanes of at least 4 members (excludes halogenated alkanes) is 11. The number of allylic oxidation sites excluding steroid dienone is 2. The number of rotatable bonds is 22. The van der Waals surface area contributed by atoms with E-state index in [1.54, 1.807) is 0 Å². The van der Waals surface area contributed by atoms with E-state index in [1.807, 2.05) is 30.3 Å². The van der Waals surface area contributed by atoms with Gasteiger partial charge in [-0.3, -0.25) is 4.79 Å². The van der Waals surface area contributed by atoms with E-state index in [1.165, 1.54) is 57.8 Å². The minimum atomic E-state index is -4.32. The molecular formula is C28H49NO5P+. The first-order valence-corrected chi connectivity index (χ1v) is 15.2. The van der Waals surface area contributed by atoms with E-state index in [4.69, 9.17) is 19.2 Å². The summed E-state index contributed by atoms with van der Waals surface area (Å²) >= 11 is 0. The summed E-state index contributed by atoms with van der Waals surface area (Å²) in [6.07, 6.45) is 22.2. The standard InChI is InChI=1S/C28H48NO5P/c1-2-3-4-5-6-7-8-9-10-11-12-13-14-15-19-22-28(30)29-27(25-34-35(31,32)33)24-23-26-20-17-16-18-21-26/h9-10,16-18,20-21,27,31-33H,2-8,11-15,19,22-25H2,1H3/p+1/b10-9-/t27-/m0/s1. The SMILES string of the molecule is CCCCCCCC/C=C\CCCCCCCC(=O)N[C@@H](CCc1ccccc1)CO[P+](O)(O)O. The minimum absolute atomic E-state index is 0.0676. The van der Waals surface area contributed by atoms with Gasteiger partial charge in [0, 0.05) is 6.42 Å². The van der Waals surface area contributed by atoms with E-state index in [0.29, 0.717) is 12.8 Å². The van der Waals surface area contributed by atoms with Crippen LogP contribution in [0.15, 0.2) is 42.5 Å². The van der Waals surface area contributed by atoms with Crippen molar-refractivity contribution in [3.8, 4) is 0 Å². The van der Waals surface area contributed by atoms with Crippen LogP contribution >= 0.6 is 8.17 Å². The smallest absolute Gasteiger partial charge is 0.351 e. The van der Waals surface area contributed by atoms with Crippen molar-refractivity contribution in [1.82, 2.24) is 5.32 Å². The molecule has 0 heterocycles. The Balaban J connectivity index is 2.11. The maximum atomic E-state index is 12.4. The summed E-state index contributed by atoms with van der Waals surface area (Å²) in [6, 6.07) is 9.48. The zero-order chi connectivity index (χ0) is 25.6. The van der Waals surface area contributed by atoms with Gasteiger partial charge in [-0.1, -0.05) is 101 Å². The van der Waals surface area contributed by atoms with E-state index in [9.17, 15) is 4.79 Å². The lowest BCUT2D eigenvalue weighted by Crippen LogP contribution is -2.38. The van der Waals surface area contributed by atoms with Crippen molar-refractivity contribution in [2.24, 2.45) is 0 Å². The monoisotopic (exact) mass is 510 g/mol. The summed E-state index contributed by atoms with van der Waals surface area (Å²) < 4.78 is 4.77. The average Bonchev–Trinajstić information content (AvgIpc) is 2.83. The van der Waals surface area contributed by atoms with Crippen LogP contribution in [-0.2, 0) is 15.7 Å². The molecule has 0 fully saturated rings. The first-order valence-electron chi connectivity index (χ1n) is 13.6. The van der Waals surface area contributed by atoms with Crippen LogP contribution in [0.2, 0.25) is 0 Å². The Bertz CT molecular complexity index is 663. The van der Waals surface area contributed by atoms with Gasteiger partial charge in [0.05, 0.1) is 6.04 Å². The molecule has 0 saturated carbocycles. The second-order valence-electron chi connectivity index (χ2n) is 9.43. The molecule has 0 unspecified atom stereocenters. The molecule has 0 spiro atoms. The molecule has 0 saturated heterocycles. The highest BCUT2D eigenvalue weighted by atomic mass is 31.2. The van der Waals surface area contributed by atoms with Gasteiger partial charge in [0.15, 0.2) is 0 Å². The number of carbonyl (C=O) groups excluding carboxylic acids is 1. The maximum Gasteiger partial charge on any atom is 0.567 e. The Morgan fingerprint density at radius 2 is 1.46 bits per heavy atom. The second kappa shape index (κ2) is 20.8. The summed E-state index contributed by atoms with van der Waals surface area (Å²) in [5, 5.41) is 2.92. The van der Waals surface area contributed by atoms with Crippen LogP contribution in [0.1, 0.15) is 109 Å². The molecule has 1 rings (SSSR count). The summed E-state index contributed by atoms with van der Waals surface area (Å²) in [5.41, 5.74) is 1.13. The third-order valence-corrected chi connectivity index (χ3v) is 6.60. The van der Waals surface area contributed by atoms with E-state index in [0.717, 1.165) is 37.7 Å². The Kier molecular flexibility index (Phi) is 18.9. The molecule has 7 heteroatoms. The molecule has 0 aromatic heterocycles. The zero-order valence-electron chi connectivity index (χ0n) is 21.7. The molecule has 6 nitrogen and oxygen atoms in total. The number of aryl methyl sites for hydroxylation is 1. The van der Waals surface area contributed by atoms with Crippen molar-refractivity contribution in [3.63, 3.8) is 0 Å². The highest BCUT2D eigenvalue weighted by Crippen LogP contribution is 2.45. The van der Waals surface area contributed by atoms with Crippen LogP contribution < -0.4 is 5.32 Å². The molecule has 1 amide bonds. The van der Waals surface area contributed by atoms with Crippen LogP contribution in [0.25, 0.3) is 0 Å². The number of amides is 1. The lowest BCUT2D eigenvalue weighted by molar-refractivity contribution is -0.122. The van der Waals surface area contributed by atoms with Crippen molar-refractivity contribution < 1.29 is 24.0 Å². The number of hydrogen-bond donors (Lipinski definition) is 4. The quantitative estimate of drug-likeness (QED) is 0.0780. The molecule has 0 bridgehead atoms. The lowest BCUT2D eigenvalue weighted by atomic mass is 10.0. The van der Waals surface area contributed by atoms with Gasteiger partial charge in [0.1, 0.15) is 6.61 Å². The van der Waals surface area contributed by atoms with E-state index >= 15 is 0 Å². The fourth-order valence-corrected chi connectivity index (χ4v) is 4.41. The van der Waals surface area contributed by atoms with Crippen molar-refractivity contribution in [3.05, 3.63) is 48.0 Å². The van der Waals surface area contributed by atoms with Gasteiger partial charge in [0.25, 0.3) is 0 Å². The van der Waals surface area contributed by atoms with Crippen molar-refractivity contribution in [2.45, 2.75) is 116 Å². The maximum absolute atomic E-state index is 12.4. The fraction of sp³-hybridized carbons (Fsp3) is 0.679. The number of nitrogens with one attached hydrogen (secondary N) is 1. The van der Waals surface area contributed by atoms with Crippen molar-refractivity contribution in [2.75, 3.05) is 6.61 Å². The first-order chi connectivity index (χ1) is 16.9. The molecule has 1 aromatic carbocycles. The summed E-state index contributed by atoms with van der Waals surface area (Å²) in [4.78, 5) is 39.7. The van der Waals surface area contributed by atoms with Gasteiger partial charge in [-0.15, -0.1) is 0 Å². The Morgan fingerprint density at radius 1 is 0.886 bits per heavy atom. The number of benzene rings is 1. The lowest BCUT2D eigenvalue weighted by Gasteiger charge is -2.18. The Labute approximate surface area is 213 Å². The van der Waals surface area contributed by atoms with Gasteiger partial charge in [-0.2, -0.15) is 19.2 Å². The van der Waals surface area contributed by atoms with Gasteiger partial charge in [-0.05, 0) is 50.5 Å². The van der Waals surface area contributed by atoms with Gasteiger partial charge in [0.2, 0.25) is 5.91 Å². The van der Waals surface area contributed by atoms with E-state index in [-0.39, 0.29) is 12.5 Å². The minimum Gasteiger partial charge on any atom is -0.351 e. The molecule has 35 heavy (non-hydrogen) atoms. The topological polar surface area (TPSA) is 99.0 Å². The molecule has 1 atom stereocenters. The van der Waals surface area contributed by atoms with Crippen molar-refractivity contribution >= 4 is 14.1 Å². The Morgan fingerprint density at radius 3 is 2.06 bits per heavy atom. The average molecular weight is 511 g/mol. The molecule has 200 valence electrons. The van der Waals surface area contributed by atoms with Gasteiger partial charge in [-0.25, -0.2) is 0 Å². The number of carbonyl (C=O) groups is 1.